The summed E-state index contributed by atoms with van der Waals surface area (Å²) in [5, 5.41) is 19.0. The standard InChI is InChI=1S/C19H20N6S/c1-13(2)17-12-26-18(24-17)15(10-20)16-6-9-23-19(25-16)22-8-5-14-4-3-7-21-11-14/h3-4,6-7,9,11-13,24H,5,8H2,1-2H3,(H,22,23,25)/b18-15+. The van der Waals surface area contributed by atoms with Gasteiger partial charge in [0.05, 0.1) is 10.7 Å². The fourth-order valence-corrected chi connectivity index (χ4v) is 3.41. The Morgan fingerprint density at radius 1 is 1.35 bits per heavy atom. The average molecular weight is 364 g/mol. The maximum absolute atomic E-state index is 9.61. The first-order valence-corrected chi connectivity index (χ1v) is 9.29. The lowest BCUT2D eigenvalue weighted by atomic mass is 10.1. The first-order valence-electron chi connectivity index (χ1n) is 8.41. The van der Waals surface area contributed by atoms with Crippen molar-refractivity contribution in [1.29, 1.82) is 5.26 Å². The van der Waals surface area contributed by atoms with Crippen molar-refractivity contribution in [2.45, 2.75) is 20.3 Å². The van der Waals surface area contributed by atoms with E-state index < -0.39 is 0 Å². The minimum atomic E-state index is 0.384. The van der Waals surface area contributed by atoms with E-state index in [1.807, 2.05) is 23.7 Å². The Hall–Kier alpha value is -2.85. The van der Waals surface area contributed by atoms with Gasteiger partial charge in [0.25, 0.3) is 0 Å². The summed E-state index contributed by atoms with van der Waals surface area (Å²) in [4.78, 5) is 12.8. The Morgan fingerprint density at radius 3 is 2.92 bits per heavy atom. The van der Waals surface area contributed by atoms with E-state index in [1.54, 1.807) is 18.5 Å². The summed E-state index contributed by atoms with van der Waals surface area (Å²) < 4.78 is 0. The topological polar surface area (TPSA) is 86.5 Å². The molecule has 26 heavy (non-hydrogen) atoms. The molecule has 0 spiro atoms. The molecule has 3 rings (SSSR count). The van der Waals surface area contributed by atoms with E-state index in [1.165, 1.54) is 11.8 Å². The number of thioether (sulfide) groups is 1. The summed E-state index contributed by atoms with van der Waals surface area (Å²) in [6.07, 6.45) is 6.10. The highest BCUT2D eigenvalue weighted by Gasteiger charge is 2.19. The van der Waals surface area contributed by atoms with Crippen LogP contribution in [-0.2, 0) is 6.42 Å². The Labute approximate surface area is 157 Å². The third kappa shape index (κ3) is 4.41. The number of nitrogens with one attached hydrogen (secondary N) is 2. The van der Waals surface area contributed by atoms with Crippen molar-refractivity contribution < 1.29 is 0 Å². The molecule has 0 amide bonds. The van der Waals surface area contributed by atoms with Crippen LogP contribution < -0.4 is 10.6 Å². The van der Waals surface area contributed by atoms with Crippen LogP contribution in [0.25, 0.3) is 5.57 Å². The molecule has 0 aromatic carbocycles. The van der Waals surface area contributed by atoms with Gasteiger partial charge in [0, 0.05) is 30.8 Å². The molecular formula is C19H20N6S. The molecule has 0 radical (unpaired) electrons. The Balaban J connectivity index is 1.69. The molecule has 0 bridgehead atoms. The molecule has 0 saturated heterocycles. The average Bonchev–Trinajstić information content (AvgIpc) is 3.14. The van der Waals surface area contributed by atoms with Gasteiger partial charge >= 0.3 is 0 Å². The zero-order valence-electron chi connectivity index (χ0n) is 14.7. The molecule has 0 unspecified atom stereocenters. The van der Waals surface area contributed by atoms with Gasteiger partial charge in [0.1, 0.15) is 11.6 Å². The van der Waals surface area contributed by atoms with Gasteiger partial charge in [0.15, 0.2) is 0 Å². The van der Waals surface area contributed by atoms with Crippen molar-refractivity contribution >= 4 is 23.3 Å². The van der Waals surface area contributed by atoms with E-state index in [9.17, 15) is 5.26 Å². The molecule has 7 heteroatoms. The van der Waals surface area contributed by atoms with Crippen LogP contribution in [0.2, 0.25) is 0 Å². The number of aromatic nitrogens is 3. The minimum absolute atomic E-state index is 0.384. The predicted molar refractivity (Wildman–Crippen MR) is 105 cm³/mol. The Morgan fingerprint density at radius 2 is 2.23 bits per heavy atom. The number of anilines is 1. The molecule has 1 aliphatic rings. The zero-order chi connectivity index (χ0) is 18.4. The smallest absolute Gasteiger partial charge is 0.223 e. The van der Waals surface area contributed by atoms with Gasteiger partial charge < -0.3 is 10.6 Å². The van der Waals surface area contributed by atoms with Gasteiger partial charge in [-0.1, -0.05) is 31.7 Å². The van der Waals surface area contributed by atoms with Gasteiger partial charge in [-0.25, -0.2) is 9.97 Å². The number of nitriles is 1. The number of allylic oxidation sites excluding steroid dienone is 2. The van der Waals surface area contributed by atoms with Gasteiger partial charge in [-0.2, -0.15) is 5.26 Å². The van der Waals surface area contributed by atoms with Crippen molar-refractivity contribution in [2.24, 2.45) is 5.92 Å². The van der Waals surface area contributed by atoms with Gasteiger partial charge in [-0.05, 0) is 35.4 Å². The first-order chi connectivity index (χ1) is 12.7. The van der Waals surface area contributed by atoms with Gasteiger partial charge in [-0.3, -0.25) is 4.98 Å². The van der Waals surface area contributed by atoms with Crippen LogP contribution in [0.4, 0.5) is 5.95 Å². The monoisotopic (exact) mass is 364 g/mol. The van der Waals surface area contributed by atoms with Crippen molar-refractivity contribution in [3.63, 3.8) is 0 Å². The number of hydrogen-bond acceptors (Lipinski definition) is 7. The van der Waals surface area contributed by atoms with E-state index in [0.717, 1.165) is 22.7 Å². The molecule has 3 heterocycles. The number of hydrogen-bond donors (Lipinski definition) is 2. The van der Waals surface area contributed by atoms with E-state index in [2.05, 4.69) is 45.5 Å². The summed E-state index contributed by atoms with van der Waals surface area (Å²) in [5.74, 6) is 0.898. The maximum atomic E-state index is 9.61. The van der Waals surface area contributed by atoms with Gasteiger partial charge in [0.2, 0.25) is 5.95 Å². The number of nitrogens with zero attached hydrogens (tertiary/aromatic N) is 4. The van der Waals surface area contributed by atoms with Crippen LogP contribution in [0.1, 0.15) is 25.1 Å². The van der Waals surface area contributed by atoms with Crippen LogP contribution in [0.3, 0.4) is 0 Å². The second-order valence-electron chi connectivity index (χ2n) is 6.09. The number of pyridine rings is 1. The molecule has 0 atom stereocenters. The number of rotatable bonds is 6. The highest BCUT2D eigenvalue weighted by molar-refractivity contribution is 8.06. The van der Waals surface area contributed by atoms with Crippen molar-refractivity contribution in [3.8, 4) is 6.07 Å². The molecule has 0 aliphatic carbocycles. The van der Waals surface area contributed by atoms with Crippen LogP contribution in [-0.4, -0.2) is 21.5 Å². The summed E-state index contributed by atoms with van der Waals surface area (Å²) in [6.45, 7) is 4.92. The molecule has 2 aromatic heterocycles. The largest absolute Gasteiger partial charge is 0.354 e. The molecular weight excluding hydrogens is 344 g/mol. The Bertz CT molecular complexity index is 867. The van der Waals surface area contributed by atoms with Crippen LogP contribution >= 0.6 is 11.8 Å². The molecule has 2 aromatic rings. The van der Waals surface area contributed by atoms with Crippen LogP contribution in [0, 0.1) is 17.2 Å². The lowest BCUT2D eigenvalue weighted by molar-refractivity contribution is 0.719. The highest BCUT2D eigenvalue weighted by atomic mass is 32.2. The molecule has 0 fully saturated rings. The highest BCUT2D eigenvalue weighted by Crippen LogP contribution is 2.33. The van der Waals surface area contributed by atoms with Crippen molar-refractivity contribution in [3.05, 3.63) is 64.2 Å². The van der Waals surface area contributed by atoms with E-state index >= 15 is 0 Å². The fourth-order valence-electron chi connectivity index (χ4n) is 2.39. The third-order valence-electron chi connectivity index (χ3n) is 3.85. The molecule has 1 aliphatic heterocycles. The van der Waals surface area contributed by atoms with E-state index in [4.69, 9.17) is 0 Å². The molecule has 6 nitrogen and oxygen atoms in total. The van der Waals surface area contributed by atoms with Crippen molar-refractivity contribution in [1.82, 2.24) is 20.3 Å². The summed E-state index contributed by atoms with van der Waals surface area (Å²) in [5.41, 5.74) is 3.40. The first kappa shape index (κ1) is 18.0. The lowest BCUT2D eigenvalue weighted by Crippen LogP contribution is -2.12. The third-order valence-corrected chi connectivity index (χ3v) is 4.77. The molecule has 0 saturated carbocycles. The summed E-state index contributed by atoms with van der Waals surface area (Å²) in [6, 6.07) is 7.98. The fraction of sp³-hybridized carbons (Fsp3) is 0.263. The van der Waals surface area contributed by atoms with Crippen LogP contribution in [0.15, 0.2) is 52.9 Å². The van der Waals surface area contributed by atoms with E-state index in [-0.39, 0.29) is 0 Å². The zero-order valence-corrected chi connectivity index (χ0v) is 15.5. The summed E-state index contributed by atoms with van der Waals surface area (Å²) >= 11 is 1.52. The van der Waals surface area contributed by atoms with E-state index in [0.29, 0.717) is 29.7 Å². The normalized spacial score (nSPS) is 15.2. The molecule has 132 valence electrons. The summed E-state index contributed by atoms with van der Waals surface area (Å²) in [7, 11) is 0. The second kappa shape index (κ2) is 8.50. The van der Waals surface area contributed by atoms with Crippen LogP contribution in [0.5, 0.6) is 0 Å². The molecule has 2 N–H and O–H groups in total. The van der Waals surface area contributed by atoms with Gasteiger partial charge in [-0.15, -0.1) is 0 Å². The van der Waals surface area contributed by atoms with Crippen molar-refractivity contribution in [2.75, 3.05) is 11.9 Å². The second-order valence-corrected chi connectivity index (χ2v) is 6.97. The lowest BCUT2D eigenvalue weighted by Gasteiger charge is -2.10. The quantitative estimate of drug-likeness (QED) is 0.758. The SMILES string of the molecule is CC(C)C1=CS/C(=C(\C#N)c2ccnc(NCCc3cccnc3)n2)N1. The predicted octanol–water partition coefficient (Wildman–Crippen LogP) is 3.55. The minimum Gasteiger partial charge on any atom is -0.354 e. The Kier molecular flexibility index (Phi) is 5.87. The maximum Gasteiger partial charge on any atom is 0.223 e.